The number of alkyl halides is 1. The summed E-state index contributed by atoms with van der Waals surface area (Å²) in [5.74, 6) is -0.556. The third-order valence-corrected chi connectivity index (χ3v) is 6.07. The molecule has 0 bridgehead atoms. The number of rotatable bonds is 3. The first-order valence-electron chi connectivity index (χ1n) is 6.95. The molecule has 0 aromatic heterocycles. The van der Waals surface area contributed by atoms with Crippen molar-refractivity contribution in [3.05, 3.63) is 29.3 Å². The van der Waals surface area contributed by atoms with Crippen LogP contribution in [0.1, 0.15) is 17.5 Å². The standard InChI is InChI=1S/C14H18ClNO4S/c1-11-4-2-5-12-13(11)14(19-8-9-20-14)10-16(7-3-6-15)21(12,17)18/h2,4-5H,3,6-10H2,1H3. The molecule has 0 radical (unpaired) electrons. The molecule has 0 saturated carbocycles. The molecule has 3 rings (SSSR count). The van der Waals surface area contributed by atoms with E-state index in [9.17, 15) is 8.42 Å². The van der Waals surface area contributed by atoms with Gasteiger partial charge in [-0.15, -0.1) is 11.6 Å². The summed E-state index contributed by atoms with van der Waals surface area (Å²) in [6.45, 7) is 3.38. The average molecular weight is 332 g/mol. The molecule has 1 aromatic rings. The topological polar surface area (TPSA) is 55.8 Å². The number of fused-ring (bicyclic) bond motifs is 2. The first kappa shape index (κ1) is 15.2. The Balaban J connectivity index is 2.15. The van der Waals surface area contributed by atoms with Crippen molar-refractivity contribution < 1.29 is 17.9 Å². The fourth-order valence-corrected chi connectivity index (χ4v) is 4.94. The summed E-state index contributed by atoms with van der Waals surface area (Å²) in [6, 6.07) is 5.26. The lowest BCUT2D eigenvalue weighted by Crippen LogP contribution is -2.50. The molecule has 2 aliphatic heterocycles. The molecule has 0 unspecified atom stereocenters. The van der Waals surface area contributed by atoms with Gasteiger partial charge in [0, 0.05) is 18.0 Å². The van der Waals surface area contributed by atoms with E-state index >= 15 is 0 Å². The Labute approximate surface area is 129 Å². The molecular formula is C14H18ClNO4S. The molecule has 1 saturated heterocycles. The second-order valence-electron chi connectivity index (χ2n) is 5.28. The fraction of sp³-hybridized carbons (Fsp3) is 0.571. The number of hydrogen-bond donors (Lipinski definition) is 0. The zero-order valence-electron chi connectivity index (χ0n) is 11.8. The van der Waals surface area contributed by atoms with Crippen molar-refractivity contribution in [2.45, 2.75) is 24.0 Å². The van der Waals surface area contributed by atoms with Crippen LogP contribution in [0.25, 0.3) is 0 Å². The summed E-state index contributed by atoms with van der Waals surface area (Å²) in [7, 11) is -3.53. The minimum Gasteiger partial charge on any atom is -0.342 e. The number of aryl methyl sites for hydroxylation is 1. The number of ether oxygens (including phenoxy) is 2. The van der Waals surface area contributed by atoms with Crippen molar-refractivity contribution in [2.24, 2.45) is 0 Å². The molecule has 21 heavy (non-hydrogen) atoms. The Kier molecular flexibility index (Phi) is 4.00. The van der Waals surface area contributed by atoms with Crippen LogP contribution in [0.2, 0.25) is 0 Å². The number of nitrogens with zero attached hydrogens (tertiary/aromatic N) is 1. The van der Waals surface area contributed by atoms with Gasteiger partial charge in [-0.1, -0.05) is 12.1 Å². The van der Waals surface area contributed by atoms with Crippen molar-refractivity contribution in [3.63, 3.8) is 0 Å². The summed E-state index contributed by atoms with van der Waals surface area (Å²) in [4.78, 5) is 0.283. The molecule has 116 valence electrons. The number of benzene rings is 1. The van der Waals surface area contributed by atoms with E-state index in [4.69, 9.17) is 21.1 Å². The minimum atomic E-state index is -3.53. The van der Waals surface area contributed by atoms with Gasteiger partial charge in [-0.25, -0.2) is 8.42 Å². The van der Waals surface area contributed by atoms with E-state index in [2.05, 4.69) is 0 Å². The molecule has 1 aromatic carbocycles. The maximum absolute atomic E-state index is 12.8. The highest BCUT2D eigenvalue weighted by Crippen LogP contribution is 2.43. The largest absolute Gasteiger partial charge is 0.342 e. The van der Waals surface area contributed by atoms with E-state index in [-0.39, 0.29) is 11.4 Å². The van der Waals surface area contributed by atoms with Crippen LogP contribution in [0.15, 0.2) is 23.1 Å². The van der Waals surface area contributed by atoms with E-state index in [1.165, 1.54) is 4.31 Å². The van der Waals surface area contributed by atoms with Gasteiger partial charge >= 0.3 is 0 Å². The molecule has 2 aliphatic rings. The Morgan fingerprint density at radius 3 is 2.71 bits per heavy atom. The second kappa shape index (κ2) is 5.52. The van der Waals surface area contributed by atoms with Crippen LogP contribution in [-0.4, -0.2) is 44.9 Å². The summed E-state index contributed by atoms with van der Waals surface area (Å²) in [5.41, 5.74) is 1.51. The van der Waals surface area contributed by atoms with Crippen molar-refractivity contribution in [2.75, 3.05) is 32.2 Å². The fourth-order valence-electron chi connectivity index (χ4n) is 3.00. The summed E-state index contributed by atoms with van der Waals surface area (Å²) < 4.78 is 38.6. The highest BCUT2D eigenvalue weighted by atomic mass is 35.5. The molecule has 1 fully saturated rings. The molecule has 7 heteroatoms. The quantitative estimate of drug-likeness (QED) is 0.793. The molecule has 5 nitrogen and oxygen atoms in total. The predicted octanol–water partition coefficient (Wildman–Crippen LogP) is 1.83. The number of sulfonamides is 1. The monoisotopic (exact) mass is 331 g/mol. The van der Waals surface area contributed by atoms with Gasteiger partial charge in [0.05, 0.1) is 24.7 Å². The van der Waals surface area contributed by atoms with E-state index in [0.29, 0.717) is 37.6 Å². The van der Waals surface area contributed by atoms with Crippen LogP contribution in [-0.2, 0) is 25.3 Å². The maximum Gasteiger partial charge on any atom is 0.243 e. The minimum absolute atomic E-state index is 0.185. The van der Waals surface area contributed by atoms with Crippen LogP contribution in [0.5, 0.6) is 0 Å². The van der Waals surface area contributed by atoms with Crippen LogP contribution in [0.3, 0.4) is 0 Å². The SMILES string of the molecule is Cc1cccc2c1C1(CN(CCCCl)S2(=O)=O)OCCO1. The normalized spacial score (nSPS) is 23.3. The first-order valence-corrected chi connectivity index (χ1v) is 8.93. The molecule has 0 N–H and O–H groups in total. The Morgan fingerprint density at radius 2 is 2.05 bits per heavy atom. The van der Waals surface area contributed by atoms with Gasteiger partial charge in [0.1, 0.15) is 0 Å². The summed E-state index contributed by atoms with van der Waals surface area (Å²) in [5, 5.41) is 0. The number of hydrogen-bond acceptors (Lipinski definition) is 4. The first-order chi connectivity index (χ1) is 10.0. The number of halogens is 1. The third-order valence-electron chi connectivity index (χ3n) is 3.91. The molecule has 0 amide bonds. The van der Waals surface area contributed by atoms with E-state index in [1.54, 1.807) is 12.1 Å². The lowest BCUT2D eigenvalue weighted by Gasteiger charge is -2.40. The lowest BCUT2D eigenvalue weighted by atomic mass is 9.99. The van der Waals surface area contributed by atoms with Gasteiger partial charge in [-0.2, -0.15) is 4.31 Å². The van der Waals surface area contributed by atoms with Gasteiger partial charge in [0.15, 0.2) is 0 Å². The van der Waals surface area contributed by atoms with Crippen LogP contribution in [0.4, 0.5) is 0 Å². The second-order valence-corrected chi connectivity index (χ2v) is 7.56. The predicted molar refractivity (Wildman–Crippen MR) is 78.9 cm³/mol. The Bertz CT molecular complexity index is 640. The zero-order valence-corrected chi connectivity index (χ0v) is 13.4. The van der Waals surface area contributed by atoms with E-state index in [0.717, 1.165) is 5.56 Å². The molecule has 1 spiro atoms. The maximum atomic E-state index is 12.8. The smallest absolute Gasteiger partial charge is 0.243 e. The summed E-state index contributed by atoms with van der Waals surface area (Å²) in [6.07, 6.45) is 0.595. The van der Waals surface area contributed by atoms with Crippen molar-refractivity contribution >= 4 is 21.6 Å². The van der Waals surface area contributed by atoms with Gasteiger partial charge < -0.3 is 9.47 Å². The van der Waals surface area contributed by atoms with Crippen LogP contribution >= 0.6 is 11.6 Å². The van der Waals surface area contributed by atoms with Gasteiger partial charge in [-0.05, 0) is 25.0 Å². The summed E-state index contributed by atoms with van der Waals surface area (Å²) >= 11 is 5.71. The van der Waals surface area contributed by atoms with Crippen molar-refractivity contribution in [3.8, 4) is 0 Å². The Morgan fingerprint density at radius 1 is 1.33 bits per heavy atom. The van der Waals surface area contributed by atoms with E-state index < -0.39 is 15.8 Å². The van der Waals surface area contributed by atoms with Crippen molar-refractivity contribution in [1.82, 2.24) is 4.31 Å². The highest BCUT2D eigenvalue weighted by Gasteiger charge is 2.51. The molecule has 2 heterocycles. The van der Waals surface area contributed by atoms with Gasteiger partial charge in [-0.3, -0.25) is 0 Å². The van der Waals surface area contributed by atoms with Gasteiger partial charge in [0.25, 0.3) is 0 Å². The van der Waals surface area contributed by atoms with Crippen molar-refractivity contribution in [1.29, 1.82) is 0 Å². The Hall–Kier alpha value is -0.660. The average Bonchev–Trinajstić information content (AvgIpc) is 2.91. The van der Waals surface area contributed by atoms with Gasteiger partial charge in [0.2, 0.25) is 15.8 Å². The lowest BCUT2D eigenvalue weighted by molar-refractivity contribution is -0.176. The molecule has 0 atom stereocenters. The third kappa shape index (κ3) is 2.39. The van der Waals surface area contributed by atoms with Crippen LogP contribution < -0.4 is 0 Å². The molecule has 0 aliphatic carbocycles. The highest BCUT2D eigenvalue weighted by molar-refractivity contribution is 7.89. The van der Waals surface area contributed by atoms with Crippen LogP contribution in [0, 0.1) is 6.92 Å². The van der Waals surface area contributed by atoms with E-state index in [1.807, 2.05) is 13.0 Å². The molecular weight excluding hydrogens is 314 g/mol. The zero-order chi connectivity index (χ0) is 15.1.